The highest BCUT2D eigenvalue weighted by molar-refractivity contribution is 7.91. The Morgan fingerprint density at radius 1 is 1.28 bits per heavy atom. The van der Waals surface area contributed by atoms with Gasteiger partial charge < -0.3 is 5.11 Å². The predicted molar refractivity (Wildman–Crippen MR) is 71.2 cm³/mol. The van der Waals surface area contributed by atoms with Gasteiger partial charge in [-0.25, -0.2) is 8.42 Å². The van der Waals surface area contributed by atoms with Crippen molar-refractivity contribution in [1.82, 2.24) is 0 Å². The van der Waals surface area contributed by atoms with E-state index in [2.05, 4.69) is 0 Å². The molecule has 0 aliphatic heterocycles. The zero-order chi connectivity index (χ0) is 14.1. The molecule has 0 saturated heterocycles. The Hall–Kier alpha value is -0.580. The molecule has 0 aromatic heterocycles. The molecule has 18 heavy (non-hydrogen) atoms. The van der Waals surface area contributed by atoms with Crippen LogP contribution in [0.2, 0.25) is 0 Å². The summed E-state index contributed by atoms with van der Waals surface area (Å²) in [5.41, 5.74) is -0.337. The number of sulfone groups is 1. The van der Waals surface area contributed by atoms with Crippen LogP contribution in [0.15, 0.2) is 0 Å². The van der Waals surface area contributed by atoms with Gasteiger partial charge in [0.1, 0.15) is 9.84 Å². The number of hydrogen-bond donors (Lipinski definition) is 1. The summed E-state index contributed by atoms with van der Waals surface area (Å²) in [6, 6.07) is 0. The number of carboxylic acid groups (broad SMARTS) is 1. The van der Waals surface area contributed by atoms with E-state index in [0.29, 0.717) is 12.8 Å². The van der Waals surface area contributed by atoms with E-state index < -0.39 is 21.7 Å². The maximum atomic E-state index is 11.6. The molecule has 0 aromatic carbocycles. The van der Waals surface area contributed by atoms with Gasteiger partial charge in [0.05, 0.1) is 11.2 Å². The van der Waals surface area contributed by atoms with Gasteiger partial charge in [-0.3, -0.25) is 4.79 Å². The van der Waals surface area contributed by atoms with Gasteiger partial charge in [0, 0.05) is 6.26 Å². The van der Waals surface area contributed by atoms with Crippen molar-refractivity contribution in [2.75, 3.05) is 6.26 Å². The minimum absolute atomic E-state index is 0.0315. The van der Waals surface area contributed by atoms with Crippen molar-refractivity contribution in [2.45, 2.75) is 51.7 Å². The molecule has 3 unspecified atom stereocenters. The van der Waals surface area contributed by atoms with E-state index in [0.717, 1.165) is 12.8 Å². The van der Waals surface area contributed by atoms with E-state index in [4.69, 9.17) is 0 Å². The molecule has 0 heterocycles. The first kappa shape index (κ1) is 15.5. The number of carboxylic acids is 1. The number of aliphatic carboxylic acids is 1. The smallest absolute Gasteiger partial charge is 0.307 e. The van der Waals surface area contributed by atoms with Gasteiger partial charge in [-0.2, -0.15) is 0 Å². The Bertz CT molecular complexity index is 405. The summed E-state index contributed by atoms with van der Waals surface area (Å²) in [5, 5.41) is 9.04. The molecule has 0 bridgehead atoms. The minimum atomic E-state index is -3.06. The number of carbonyl (C=O) groups is 1. The van der Waals surface area contributed by atoms with Crippen LogP contribution in [0.5, 0.6) is 0 Å². The van der Waals surface area contributed by atoms with Gasteiger partial charge in [0.25, 0.3) is 0 Å². The van der Waals surface area contributed by atoms with Crippen molar-refractivity contribution >= 4 is 15.8 Å². The molecule has 0 spiro atoms. The van der Waals surface area contributed by atoms with Gasteiger partial charge >= 0.3 is 5.97 Å². The van der Waals surface area contributed by atoms with Crippen LogP contribution in [0.1, 0.15) is 46.5 Å². The second kappa shape index (κ2) is 5.19. The van der Waals surface area contributed by atoms with Crippen molar-refractivity contribution in [3.63, 3.8) is 0 Å². The largest absolute Gasteiger partial charge is 0.481 e. The van der Waals surface area contributed by atoms with Gasteiger partial charge in [0.2, 0.25) is 0 Å². The molecule has 1 fully saturated rings. The first-order chi connectivity index (χ1) is 8.03. The monoisotopic (exact) mass is 276 g/mol. The zero-order valence-electron chi connectivity index (χ0n) is 11.6. The van der Waals surface area contributed by atoms with Crippen LogP contribution in [-0.4, -0.2) is 31.0 Å². The maximum Gasteiger partial charge on any atom is 0.307 e. The molecule has 1 aliphatic rings. The lowest BCUT2D eigenvalue weighted by Gasteiger charge is -2.38. The quantitative estimate of drug-likeness (QED) is 0.858. The summed E-state index contributed by atoms with van der Waals surface area (Å²) in [5.74, 6) is -1.31. The fraction of sp³-hybridized carbons (Fsp3) is 0.923. The first-order valence-electron chi connectivity index (χ1n) is 6.45. The standard InChI is InChI=1S/C13H24O4S/c1-13(2,3)11(12(14)15)9-6-5-7-10(8-9)18(4,16)17/h9-11H,5-8H2,1-4H3,(H,14,15). The fourth-order valence-corrected chi connectivity index (χ4v) is 4.34. The van der Waals surface area contributed by atoms with E-state index in [9.17, 15) is 18.3 Å². The predicted octanol–water partition coefficient (Wildman–Crippen LogP) is 2.34. The molecule has 0 aromatic rings. The van der Waals surface area contributed by atoms with E-state index in [1.165, 1.54) is 6.26 Å². The maximum absolute atomic E-state index is 11.6. The summed E-state index contributed by atoms with van der Waals surface area (Å²) >= 11 is 0. The Balaban J connectivity index is 2.91. The Kier molecular flexibility index (Phi) is 4.47. The number of hydrogen-bond acceptors (Lipinski definition) is 3. The molecular weight excluding hydrogens is 252 g/mol. The van der Waals surface area contributed by atoms with Crippen LogP contribution in [0, 0.1) is 17.3 Å². The van der Waals surface area contributed by atoms with E-state index in [-0.39, 0.29) is 16.6 Å². The number of rotatable bonds is 3. The Morgan fingerprint density at radius 3 is 2.22 bits per heavy atom. The molecule has 1 N–H and O–H groups in total. The van der Waals surface area contributed by atoms with E-state index in [1.807, 2.05) is 20.8 Å². The minimum Gasteiger partial charge on any atom is -0.481 e. The summed E-state index contributed by atoms with van der Waals surface area (Å²) in [6.45, 7) is 5.74. The average molecular weight is 276 g/mol. The average Bonchev–Trinajstić information content (AvgIpc) is 2.13. The van der Waals surface area contributed by atoms with Crippen LogP contribution in [-0.2, 0) is 14.6 Å². The first-order valence-corrected chi connectivity index (χ1v) is 8.40. The second-order valence-corrected chi connectivity index (χ2v) is 8.89. The lowest BCUT2D eigenvalue weighted by molar-refractivity contribution is -0.148. The SMILES string of the molecule is CC(C)(C)C(C(=O)O)C1CCCC(S(C)(=O)=O)C1. The molecule has 1 rings (SSSR count). The van der Waals surface area contributed by atoms with Gasteiger partial charge in [-0.1, -0.05) is 27.2 Å². The third-order valence-corrected chi connectivity index (χ3v) is 5.58. The third kappa shape index (κ3) is 3.70. The van der Waals surface area contributed by atoms with E-state index in [1.54, 1.807) is 0 Å². The summed E-state index contributed by atoms with van der Waals surface area (Å²) < 4.78 is 23.3. The van der Waals surface area contributed by atoms with E-state index >= 15 is 0 Å². The van der Waals surface area contributed by atoms with Crippen LogP contribution < -0.4 is 0 Å². The van der Waals surface area contributed by atoms with Crippen LogP contribution in [0.4, 0.5) is 0 Å². The van der Waals surface area contributed by atoms with Crippen molar-refractivity contribution in [2.24, 2.45) is 17.3 Å². The van der Waals surface area contributed by atoms with Crippen LogP contribution >= 0.6 is 0 Å². The molecule has 4 nitrogen and oxygen atoms in total. The van der Waals surface area contributed by atoms with Crippen molar-refractivity contribution in [1.29, 1.82) is 0 Å². The van der Waals surface area contributed by atoms with Crippen LogP contribution in [0.3, 0.4) is 0 Å². The zero-order valence-corrected chi connectivity index (χ0v) is 12.5. The highest BCUT2D eigenvalue weighted by Crippen LogP contribution is 2.41. The highest BCUT2D eigenvalue weighted by Gasteiger charge is 2.41. The molecule has 106 valence electrons. The molecule has 1 aliphatic carbocycles. The fourth-order valence-electron chi connectivity index (χ4n) is 3.15. The summed E-state index contributed by atoms with van der Waals surface area (Å²) in [4.78, 5) is 11.5. The topological polar surface area (TPSA) is 71.4 Å². The molecule has 0 radical (unpaired) electrons. The summed E-state index contributed by atoms with van der Waals surface area (Å²) in [6.07, 6.45) is 4.05. The molecule has 0 amide bonds. The lowest BCUT2D eigenvalue weighted by Crippen LogP contribution is -2.39. The van der Waals surface area contributed by atoms with Crippen molar-refractivity contribution in [3.8, 4) is 0 Å². The van der Waals surface area contributed by atoms with Gasteiger partial charge in [0.15, 0.2) is 0 Å². The molecule has 1 saturated carbocycles. The van der Waals surface area contributed by atoms with Crippen LogP contribution in [0.25, 0.3) is 0 Å². The Morgan fingerprint density at radius 2 is 1.83 bits per heavy atom. The van der Waals surface area contributed by atoms with Gasteiger partial charge in [-0.05, 0) is 30.6 Å². The molecule has 5 heteroatoms. The highest BCUT2D eigenvalue weighted by atomic mass is 32.2. The second-order valence-electron chi connectivity index (χ2n) is 6.56. The Labute approximate surface area is 110 Å². The normalized spacial score (nSPS) is 27.8. The summed E-state index contributed by atoms with van der Waals surface area (Å²) in [7, 11) is -3.06. The van der Waals surface area contributed by atoms with Crippen molar-refractivity contribution in [3.05, 3.63) is 0 Å². The molecule has 3 atom stereocenters. The van der Waals surface area contributed by atoms with Gasteiger partial charge in [-0.15, -0.1) is 0 Å². The molecular formula is C13H24O4S. The lowest BCUT2D eigenvalue weighted by atomic mass is 9.68. The van der Waals surface area contributed by atoms with Crippen molar-refractivity contribution < 1.29 is 18.3 Å². The third-order valence-electron chi connectivity index (χ3n) is 3.94.